The molecule has 1 aliphatic rings. The molecule has 0 radical (unpaired) electrons. The molecule has 2 unspecified atom stereocenters. The van der Waals surface area contributed by atoms with Crippen LogP contribution in [-0.4, -0.2) is 45.7 Å². The van der Waals surface area contributed by atoms with E-state index < -0.39 is 9.84 Å². The van der Waals surface area contributed by atoms with Crippen LogP contribution in [0.3, 0.4) is 0 Å². The first-order valence-electron chi connectivity index (χ1n) is 7.29. The number of hydrogen-bond acceptors (Lipinski definition) is 5. The van der Waals surface area contributed by atoms with E-state index in [-0.39, 0.29) is 17.9 Å². The third kappa shape index (κ3) is 4.89. The van der Waals surface area contributed by atoms with Crippen molar-refractivity contribution in [3.8, 4) is 11.5 Å². The number of para-hydroxylation sites is 2. The normalized spacial score (nSPS) is 19.2. The summed E-state index contributed by atoms with van der Waals surface area (Å²) in [5.41, 5.74) is 0. The van der Waals surface area contributed by atoms with Gasteiger partial charge < -0.3 is 14.8 Å². The largest absolute Gasteiger partial charge is 0.486 e. The number of hydrogen-bond donors (Lipinski definition) is 1. The summed E-state index contributed by atoms with van der Waals surface area (Å²) in [5, 5.41) is 3.37. The van der Waals surface area contributed by atoms with Gasteiger partial charge in [-0.05, 0) is 31.5 Å². The van der Waals surface area contributed by atoms with Gasteiger partial charge in [0.15, 0.2) is 11.5 Å². The summed E-state index contributed by atoms with van der Waals surface area (Å²) in [6, 6.07) is 7.51. The summed E-state index contributed by atoms with van der Waals surface area (Å²) in [6.07, 6.45) is 2.60. The predicted molar refractivity (Wildman–Crippen MR) is 82.8 cm³/mol. The van der Waals surface area contributed by atoms with Crippen molar-refractivity contribution < 1.29 is 17.9 Å². The molecule has 0 amide bonds. The Morgan fingerprint density at radius 3 is 2.71 bits per heavy atom. The van der Waals surface area contributed by atoms with Crippen molar-refractivity contribution in [1.29, 1.82) is 0 Å². The first kappa shape index (κ1) is 16.1. The second kappa shape index (κ2) is 7.13. The Balaban J connectivity index is 2.03. The van der Waals surface area contributed by atoms with E-state index in [2.05, 4.69) is 12.2 Å². The molecular formula is C15H23NO4S. The Hall–Kier alpha value is -1.27. The molecule has 0 bridgehead atoms. The minimum atomic E-state index is -2.98. The minimum absolute atomic E-state index is 0.0342. The fraction of sp³-hybridized carbons (Fsp3) is 0.600. The smallest absolute Gasteiger partial charge is 0.161 e. The molecule has 2 atom stereocenters. The molecule has 1 N–H and O–H groups in total. The second-order valence-corrected chi connectivity index (χ2v) is 7.65. The van der Waals surface area contributed by atoms with Gasteiger partial charge in [0.25, 0.3) is 0 Å². The van der Waals surface area contributed by atoms with Crippen LogP contribution < -0.4 is 14.8 Å². The quantitative estimate of drug-likeness (QED) is 0.829. The van der Waals surface area contributed by atoms with Gasteiger partial charge in [0.05, 0.1) is 5.75 Å². The van der Waals surface area contributed by atoms with Crippen molar-refractivity contribution in [3.63, 3.8) is 0 Å². The zero-order chi connectivity index (χ0) is 15.3. The third-order valence-corrected chi connectivity index (χ3v) is 4.41. The predicted octanol–water partition coefficient (Wildman–Crippen LogP) is 1.63. The molecule has 1 aliphatic heterocycles. The minimum Gasteiger partial charge on any atom is -0.486 e. The fourth-order valence-corrected chi connectivity index (χ4v) is 3.01. The highest BCUT2D eigenvalue weighted by molar-refractivity contribution is 7.90. The lowest BCUT2D eigenvalue weighted by atomic mass is 10.1. The maximum atomic E-state index is 11.4. The fourth-order valence-electron chi connectivity index (χ4n) is 2.32. The van der Waals surface area contributed by atoms with E-state index in [1.165, 1.54) is 6.26 Å². The van der Waals surface area contributed by atoms with E-state index in [0.717, 1.165) is 24.5 Å². The van der Waals surface area contributed by atoms with Crippen molar-refractivity contribution in [2.24, 2.45) is 0 Å². The highest BCUT2D eigenvalue weighted by atomic mass is 32.2. The Labute approximate surface area is 126 Å². The molecular weight excluding hydrogens is 290 g/mol. The van der Waals surface area contributed by atoms with Crippen LogP contribution in [0.15, 0.2) is 24.3 Å². The molecule has 5 nitrogen and oxygen atoms in total. The van der Waals surface area contributed by atoms with Gasteiger partial charge in [0, 0.05) is 12.3 Å². The lowest BCUT2D eigenvalue weighted by Crippen LogP contribution is -2.48. The summed E-state index contributed by atoms with van der Waals surface area (Å²) in [5.74, 6) is 1.61. The molecule has 1 aromatic carbocycles. The lowest BCUT2D eigenvalue weighted by Gasteiger charge is -2.32. The number of rotatable bonds is 7. The Morgan fingerprint density at radius 2 is 2.05 bits per heavy atom. The molecule has 0 aliphatic carbocycles. The molecule has 0 fully saturated rings. The van der Waals surface area contributed by atoms with Crippen LogP contribution in [0.25, 0.3) is 0 Å². The average molecular weight is 313 g/mol. The maximum Gasteiger partial charge on any atom is 0.161 e. The van der Waals surface area contributed by atoms with Gasteiger partial charge in [-0.1, -0.05) is 19.1 Å². The molecule has 0 spiro atoms. The summed E-state index contributed by atoms with van der Waals surface area (Å²) in [6.45, 7) is 3.34. The SMILES string of the molecule is CCCNC(CCS(C)(=O)=O)C1COc2ccccc2O1. The number of nitrogens with one attached hydrogen (secondary N) is 1. The van der Waals surface area contributed by atoms with E-state index in [1.807, 2.05) is 24.3 Å². The van der Waals surface area contributed by atoms with Gasteiger partial charge in [-0.2, -0.15) is 0 Å². The second-order valence-electron chi connectivity index (χ2n) is 5.39. The van der Waals surface area contributed by atoms with Crippen LogP contribution in [0.2, 0.25) is 0 Å². The van der Waals surface area contributed by atoms with Crippen LogP contribution in [0.1, 0.15) is 19.8 Å². The molecule has 1 aromatic rings. The highest BCUT2D eigenvalue weighted by Gasteiger charge is 2.29. The van der Waals surface area contributed by atoms with Crippen LogP contribution in [-0.2, 0) is 9.84 Å². The number of fused-ring (bicyclic) bond motifs is 1. The number of benzene rings is 1. The van der Waals surface area contributed by atoms with E-state index >= 15 is 0 Å². The zero-order valence-corrected chi connectivity index (χ0v) is 13.4. The van der Waals surface area contributed by atoms with Crippen LogP contribution >= 0.6 is 0 Å². The van der Waals surface area contributed by atoms with E-state index in [0.29, 0.717) is 13.0 Å². The van der Waals surface area contributed by atoms with E-state index in [1.54, 1.807) is 0 Å². The first-order valence-corrected chi connectivity index (χ1v) is 9.35. The zero-order valence-electron chi connectivity index (χ0n) is 12.5. The molecule has 6 heteroatoms. The number of ether oxygens (including phenoxy) is 2. The molecule has 0 saturated carbocycles. The van der Waals surface area contributed by atoms with Gasteiger partial charge in [-0.3, -0.25) is 0 Å². The van der Waals surface area contributed by atoms with Crippen LogP contribution in [0.4, 0.5) is 0 Å². The van der Waals surface area contributed by atoms with Crippen molar-refractivity contribution in [2.75, 3.05) is 25.2 Å². The average Bonchev–Trinajstić information content (AvgIpc) is 2.46. The van der Waals surface area contributed by atoms with Crippen molar-refractivity contribution in [2.45, 2.75) is 31.9 Å². The Bertz CT molecular complexity index is 559. The van der Waals surface area contributed by atoms with Crippen molar-refractivity contribution in [1.82, 2.24) is 5.32 Å². The molecule has 2 rings (SSSR count). The molecule has 0 saturated heterocycles. The number of sulfone groups is 1. The summed E-state index contributed by atoms with van der Waals surface area (Å²) in [7, 11) is -2.98. The standard InChI is InChI=1S/C15H23NO4S/c1-3-9-16-12(8-10-21(2,17)18)15-11-19-13-6-4-5-7-14(13)20-15/h4-7,12,15-16H,3,8-11H2,1-2H3. The van der Waals surface area contributed by atoms with E-state index in [9.17, 15) is 8.42 Å². The topological polar surface area (TPSA) is 64.6 Å². The van der Waals surface area contributed by atoms with Gasteiger partial charge in [0.1, 0.15) is 22.5 Å². The molecule has 0 aromatic heterocycles. The Kier molecular flexibility index (Phi) is 5.47. The van der Waals surface area contributed by atoms with Crippen LogP contribution in [0.5, 0.6) is 11.5 Å². The monoisotopic (exact) mass is 313 g/mol. The molecule has 21 heavy (non-hydrogen) atoms. The van der Waals surface area contributed by atoms with Crippen molar-refractivity contribution >= 4 is 9.84 Å². The molecule has 1 heterocycles. The maximum absolute atomic E-state index is 11.4. The summed E-state index contributed by atoms with van der Waals surface area (Å²) < 4.78 is 34.5. The lowest BCUT2D eigenvalue weighted by molar-refractivity contribution is 0.0611. The highest BCUT2D eigenvalue weighted by Crippen LogP contribution is 2.32. The first-order chi connectivity index (χ1) is 9.99. The third-order valence-electron chi connectivity index (χ3n) is 3.44. The van der Waals surface area contributed by atoms with Gasteiger partial charge >= 0.3 is 0 Å². The molecule has 118 valence electrons. The van der Waals surface area contributed by atoms with Gasteiger partial charge in [0.2, 0.25) is 0 Å². The van der Waals surface area contributed by atoms with Crippen LogP contribution in [0, 0.1) is 0 Å². The summed E-state index contributed by atoms with van der Waals surface area (Å²) in [4.78, 5) is 0. The van der Waals surface area contributed by atoms with Crippen molar-refractivity contribution in [3.05, 3.63) is 24.3 Å². The summed E-state index contributed by atoms with van der Waals surface area (Å²) >= 11 is 0. The van der Waals surface area contributed by atoms with Gasteiger partial charge in [-0.25, -0.2) is 8.42 Å². The van der Waals surface area contributed by atoms with E-state index in [4.69, 9.17) is 9.47 Å². The van der Waals surface area contributed by atoms with Gasteiger partial charge in [-0.15, -0.1) is 0 Å². The Morgan fingerprint density at radius 1 is 1.33 bits per heavy atom.